The van der Waals surface area contributed by atoms with E-state index in [4.69, 9.17) is 9.15 Å². The van der Waals surface area contributed by atoms with E-state index in [1.165, 1.54) is 11.8 Å². The SMILES string of the molecule is CCOc1ccc(C(=O)CSc2nnc(C3CC3)n2Cc2ccco2)cc1. The zero-order valence-corrected chi connectivity index (χ0v) is 15.9. The molecule has 0 saturated heterocycles. The van der Waals surface area contributed by atoms with Gasteiger partial charge in [-0.2, -0.15) is 0 Å². The second kappa shape index (κ2) is 8.00. The minimum Gasteiger partial charge on any atom is -0.494 e. The predicted octanol–water partition coefficient (Wildman–Crippen LogP) is 4.17. The predicted molar refractivity (Wildman–Crippen MR) is 102 cm³/mol. The van der Waals surface area contributed by atoms with Crippen molar-refractivity contribution >= 4 is 17.5 Å². The summed E-state index contributed by atoms with van der Waals surface area (Å²) in [6, 6.07) is 11.1. The fraction of sp³-hybridized carbons (Fsp3) is 0.350. The normalized spacial score (nSPS) is 13.7. The van der Waals surface area contributed by atoms with E-state index in [1.807, 2.05) is 31.2 Å². The maximum atomic E-state index is 12.5. The molecule has 27 heavy (non-hydrogen) atoms. The Labute approximate surface area is 161 Å². The molecular weight excluding hydrogens is 362 g/mol. The Hall–Kier alpha value is -2.54. The molecule has 140 valence electrons. The number of aromatic nitrogens is 3. The number of hydrogen-bond donors (Lipinski definition) is 0. The van der Waals surface area contributed by atoms with Crippen LogP contribution in [0.1, 0.15) is 47.6 Å². The first-order chi connectivity index (χ1) is 13.2. The van der Waals surface area contributed by atoms with Gasteiger partial charge in [-0.3, -0.25) is 9.36 Å². The average molecular weight is 383 g/mol. The van der Waals surface area contributed by atoms with Gasteiger partial charge in [0, 0.05) is 11.5 Å². The van der Waals surface area contributed by atoms with Crippen LogP contribution in [0.3, 0.4) is 0 Å². The molecule has 4 rings (SSSR count). The van der Waals surface area contributed by atoms with Crippen LogP contribution < -0.4 is 4.74 Å². The molecule has 1 aliphatic rings. The summed E-state index contributed by atoms with van der Waals surface area (Å²) in [5.74, 6) is 3.47. The van der Waals surface area contributed by atoms with Crippen molar-refractivity contribution in [2.45, 2.75) is 37.4 Å². The number of ketones is 1. The molecule has 3 aromatic rings. The number of carbonyl (C=O) groups excluding carboxylic acids is 1. The Balaban J connectivity index is 1.45. The van der Waals surface area contributed by atoms with Gasteiger partial charge in [0.2, 0.25) is 0 Å². The van der Waals surface area contributed by atoms with Crippen molar-refractivity contribution in [1.29, 1.82) is 0 Å². The van der Waals surface area contributed by atoms with E-state index in [9.17, 15) is 4.79 Å². The molecule has 1 aromatic carbocycles. The van der Waals surface area contributed by atoms with Gasteiger partial charge in [-0.25, -0.2) is 0 Å². The largest absolute Gasteiger partial charge is 0.494 e. The summed E-state index contributed by atoms with van der Waals surface area (Å²) in [5, 5.41) is 9.45. The zero-order valence-electron chi connectivity index (χ0n) is 15.1. The summed E-state index contributed by atoms with van der Waals surface area (Å²) in [6.45, 7) is 3.13. The van der Waals surface area contributed by atoms with E-state index in [0.717, 1.165) is 35.3 Å². The van der Waals surface area contributed by atoms with Gasteiger partial charge in [0.25, 0.3) is 0 Å². The van der Waals surface area contributed by atoms with Crippen molar-refractivity contribution in [3.8, 4) is 5.75 Å². The summed E-state index contributed by atoms with van der Waals surface area (Å²) >= 11 is 1.42. The van der Waals surface area contributed by atoms with Crippen LogP contribution in [0.2, 0.25) is 0 Å². The van der Waals surface area contributed by atoms with Crippen LogP contribution in [0.15, 0.2) is 52.2 Å². The second-order valence-corrected chi connectivity index (χ2v) is 7.39. The van der Waals surface area contributed by atoms with E-state index in [0.29, 0.717) is 30.4 Å². The molecule has 0 aliphatic heterocycles. The molecule has 0 amide bonds. The number of Topliss-reactive ketones (excluding diaryl/α,β-unsaturated/α-hetero) is 1. The third-order valence-corrected chi connectivity index (χ3v) is 5.37. The van der Waals surface area contributed by atoms with Crippen LogP contribution in [0.25, 0.3) is 0 Å². The van der Waals surface area contributed by atoms with Crippen molar-refractivity contribution in [2.75, 3.05) is 12.4 Å². The quantitative estimate of drug-likeness (QED) is 0.408. The van der Waals surface area contributed by atoms with Gasteiger partial charge < -0.3 is 9.15 Å². The molecule has 2 heterocycles. The fourth-order valence-corrected chi connectivity index (χ4v) is 3.71. The standard InChI is InChI=1S/C20H21N3O3S/c1-2-25-16-9-7-14(8-10-16)18(24)13-27-20-22-21-19(15-5-6-15)23(20)12-17-4-3-11-26-17/h3-4,7-11,15H,2,5-6,12-13H2,1H3. The Kier molecular flexibility index (Phi) is 5.29. The monoisotopic (exact) mass is 383 g/mol. The Morgan fingerprint density at radius 3 is 2.74 bits per heavy atom. The van der Waals surface area contributed by atoms with Crippen molar-refractivity contribution in [1.82, 2.24) is 14.8 Å². The summed E-state index contributed by atoms with van der Waals surface area (Å²) in [4.78, 5) is 12.5. The first kappa shape index (κ1) is 17.9. The molecule has 0 radical (unpaired) electrons. The molecular formula is C20H21N3O3S. The van der Waals surface area contributed by atoms with Crippen molar-refractivity contribution < 1.29 is 13.9 Å². The van der Waals surface area contributed by atoms with Crippen LogP contribution >= 0.6 is 11.8 Å². The summed E-state index contributed by atoms with van der Waals surface area (Å²) in [7, 11) is 0. The highest BCUT2D eigenvalue weighted by molar-refractivity contribution is 7.99. The number of carbonyl (C=O) groups is 1. The maximum Gasteiger partial charge on any atom is 0.192 e. The third-order valence-electron chi connectivity index (χ3n) is 4.40. The van der Waals surface area contributed by atoms with Gasteiger partial charge in [-0.1, -0.05) is 11.8 Å². The van der Waals surface area contributed by atoms with E-state index in [1.54, 1.807) is 18.4 Å². The second-order valence-electron chi connectivity index (χ2n) is 6.45. The van der Waals surface area contributed by atoms with Gasteiger partial charge in [0.05, 0.1) is 25.2 Å². The molecule has 7 heteroatoms. The smallest absolute Gasteiger partial charge is 0.192 e. The lowest BCUT2D eigenvalue weighted by Crippen LogP contribution is -2.08. The number of ether oxygens (including phenoxy) is 1. The van der Waals surface area contributed by atoms with Crippen LogP contribution in [-0.2, 0) is 6.54 Å². The molecule has 1 fully saturated rings. The first-order valence-electron chi connectivity index (χ1n) is 9.09. The Morgan fingerprint density at radius 1 is 1.26 bits per heavy atom. The van der Waals surface area contributed by atoms with Crippen LogP contribution in [0.4, 0.5) is 0 Å². The molecule has 1 saturated carbocycles. The number of thioether (sulfide) groups is 1. The van der Waals surface area contributed by atoms with Gasteiger partial charge >= 0.3 is 0 Å². The minimum absolute atomic E-state index is 0.0589. The van der Waals surface area contributed by atoms with Crippen LogP contribution in [-0.4, -0.2) is 32.9 Å². The highest BCUT2D eigenvalue weighted by Gasteiger charge is 2.30. The van der Waals surface area contributed by atoms with Gasteiger partial charge in [-0.15, -0.1) is 10.2 Å². The highest BCUT2D eigenvalue weighted by Crippen LogP contribution is 2.40. The van der Waals surface area contributed by atoms with Crippen molar-refractivity contribution in [3.05, 3.63) is 59.8 Å². The number of benzene rings is 1. The summed E-state index contributed by atoms with van der Waals surface area (Å²) in [5.41, 5.74) is 0.672. The average Bonchev–Trinajstić information content (AvgIpc) is 3.25. The van der Waals surface area contributed by atoms with Gasteiger partial charge in [-0.05, 0) is 56.2 Å². The third kappa shape index (κ3) is 4.24. The first-order valence-corrected chi connectivity index (χ1v) is 10.1. The van der Waals surface area contributed by atoms with Crippen molar-refractivity contribution in [3.63, 3.8) is 0 Å². The number of hydrogen-bond acceptors (Lipinski definition) is 6. The van der Waals surface area contributed by atoms with E-state index in [2.05, 4.69) is 14.8 Å². The lowest BCUT2D eigenvalue weighted by Gasteiger charge is -2.08. The molecule has 0 N–H and O–H groups in total. The van der Waals surface area contributed by atoms with Gasteiger partial charge in [0.15, 0.2) is 10.9 Å². The molecule has 2 aromatic heterocycles. The Bertz CT molecular complexity index is 899. The fourth-order valence-electron chi connectivity index (χ4n) is 2.87. The zero-order chi connectivity index (χ0) is 18.6. The maximum absolute atomic E-state index is 12.5. The lowest BCUT2D eigenvalue weighted by molar-refractivity contribution is 0.102. The van der Waals surface area contributed by atoms with Gasteiger partial charge in [0.1, 0.15) is 17.3 Å². The summed E-state index contributed by atoms with van der Waals surface area (Å²) < 4.78 is 13.0. The highest BCUT2D eigenvalue weighted by atomic mass is 32.2. The van der Waals surface area contributed by atoms with E-state index >= 15 is 0 Å². The van der Waals surface area contributed by atoms with E-state index in [-0.39, 0.29) is 5.78 Å². The Morgan fingerprint density at radius 2 is 2.07 bits per heavy atom. The van der Waals surface area contributed by atoms with Crippen LogP contribution in [0.5, 0.6) is 5.75 Å². The molecule has 0 spiro atoms. The summed E-state index contributed by atoms with van der Waals surface area (Å²) in [6.07, 6.45) is 3.96. The molecule has 6 nitrogen and oxygen atoms in total. The van der Waals surface area contributed by atoms with Crippen molar-refractivity contribution in [2.24, 2.45) is 0 Å². The molecule has 0 bridgehead atoms. The number of nitrogens with zero attached hydrogens (tertiary/aromatic N) is 3. The molecule has 1 aliphatic carbocycles. The van der Waals surface area contributed by atoms with Crippen LogP contribution in [0, 0.1) is 0 Å². The molecule has 0 unspecified atom stereocenters. The molecule has 0 atom stereocenters. The lowest BCUT2D eigenvalue weighted by atomic mass is 10.1. The number of rotatable bonds is 9. The topological polar surface area (TPSA) is 70.2 Å². The number of furan rings is 1. The minimum atomic E-state index is 0.0589. The van der Waals surface area contributed by atoms with E-state index < -0.39 is 0 Å².